The average Bonchev–Trinajstić information content (AvgIpc) is 2.68. The van der Waals surface area contributed by atoms with Gasteiger partial charge in [0, 0.05) is 16.6 Å². The van der Waals surface area contributed by atoms with Crippen LogP contribution in [0.15, 0.2) is 6.07 Å². The first kappa shape index (κ1) is 11.3. The lowest BCUT2D eigenvalue weighted by molar-refractivity contribution is 0.836. The fourth-order valence-corrected chi connectivity index (χ4v) is 2.33. The summed E-state index contributed by atoms with van der Waals surface area (Å²) in [5.41, 5.74) is 8.32. The van der Waals surface area contributed by atoms with Gasteiger partial charge in [-0.25, -0.2) is 0 Å². The van der Waals surface area contributed by atoms with E-state index in [1.54, 1.807) is 0 Å². The average molecular weight is 215 g/mol. The van der Waals surface area contributed by atoms with Gasteiger partial charge in [-0.1, -0.05) is 13.8 Å². The molecule has 0 bridgehead atoms. The second kappa shape index (κ2) is 3.65. The van der Waals surface area contributed by atoms with Gasteiger partial charge in [0.05, 0.1) is 0 Å². The Morgan fingerprint density at radius 2 is 1.44 bits per heavy atom. The van der Waals surface area contributed by atoms with E-state index in [9.17, 15) is 0 Å². The van der Waals surface area contributed by atoms with E-state index >= 15 is 0 Å². The first-order chi connectivity index (χ1) is 7.43. The van der Waals surface area contributed by atoms with Crippen LogP contribution in [0.3, 0.4) is 0 Å². The SMILES string of the molecule is Cc1c(C)c(C)c2[nH]c(C(C)C)cc2c1C. The maximum atomic E-state index is 3.57. The van der Waals surface area contributed by atoms with Crippen molar-refractivity contribution in [1.29, 1.82) is 0 Å². The van der Waals surface area contributed by atoms with Crippen molar-refractivity contribution >= 4 is 10.9 Å². The molecule has 2 rings (SSSR count). The highest BCUT2D eigenvalue weighted by Gasteiger charge is 2.12. The molecule has 0 aliphatic heterocycles. The molecule has 16 heavy (non-hydrogen) atoms. The van der Waals surface area contributed by atoms with Gasteiger partial charge >= 0.3 is 0 Å². The molecular weight excluding hydrogens is 194 g/mol. The summed E-state index contributed by atoms with van der Waals surface area (Å²) in [6.45, 7) is 13.3. The molecule has 86 valence electrons. The lowest BCUT2D eigenvalue weighted by Gasteiger charge is -2.10. The summed E-state index contributed by atoms with van der Waals surface area (Å²) in [5.74, 6) is 0.562. The molecule has 1 aromatic heterocycles. The van der Waals surface area contributed by atoms with Crippen molar-refractivity contribution in [1.82, 2.24) is 4.98 Å². The Labute approximate surface area is 97.9 Å². The molecule has 1 heterocycles. The summed E-state index contributed by atoms with van der Waals surface area (Å²) in [6, 6.07) is 2.31. The number of fused-ring (bicyclic) bond motifs is 1. The van der Waals surface area contributed by atoms with Crippen LogP contribution in [0.25, 0.3) is 10.9 Å². The van der Waals surface area contributed by atoms with Crippen LogP contribution in [-0.2, 0) is 0 Å². The molecule has 1 N–H and O–H groups in total. The minimum Gasteiger partial charge on any atom is -0.358 e. The highest BCUT2D eigenvalue weighted by atomic mass is 14.7. The van der Waals surface area contributed by atoms with Crippen molar-refractivity contribution < 1.29 is 0 Å². The van der Waals surface area contributed by atoms with Gasteiger partial charge in [0.1, 0.15) is 0 Å². The number of aryl methyl sites for hydroxylation is 2. The third-order valence-electron chi connectivity index (χ3n) is 3.93. The number of hydrogen-bond acceptors (Lipinski definition) is 0. The van der Waals surface area contributed by atoms with Gasteiger partial charge in [0.25, 0.3) is 0 Å². The van der Waals surface area contributed by atoms with E-state index in [2.05, 4.69) is 52.6 Å². The van der Waals surface area contributed by atoms with Gasteiger partial charge in [-0.15, -0.1) is 0 Å². The third-order valence-corrected chi connectivity index (χ3v) is 3.93. The number of hydrogen-bond donors (Lipinski definition) is 1. The van der Waals surface area contributed by atoms with Crippen LogP contribution in [0.4, 0.5) is 0 Å². The summed E-state index contributed by atoms with van der Waals surface area (Å²) < 4.78 is 0. The number of benzene rings is 1. The molecule has 0 amide bonds. The number of nitrogens with one attached hydrogen (secondary N) is 1. The Hall–Kier alpha value is -1.24. The zero-order valence-electron chi connectivity index (χ0n) is 11.2. The molecule has 1 aromatic carbocycles. The van der Waals surface area contributed by atoms with Crippen molar-refractivity contribution in [3.63, 3.8) is 0 Å². The minimum atomic E-state index is 0.562. The van der Waals surface area contributed by atoms with Crippen molar-refractivity contribution in [2.45, 2.75) is 47.5 Å². The van der Waals surface area contributed by atoms with Crippen molar-refractivity contribution in [3.8, 4) is 0 Å². The van der Waals surface area contributed by atoms with E-state index in [4.69, 9.17) is 0 Å². The zero-order valence-corrected chi connectivity index (χ0v) is 11.2. The molecule has 0 aliphatic rings. The molecule has 0 saturated carbocycles. The Balaban J connectivity index is 2.86. The van der Waals surface area contributed by atoms with E-state index < -0.39 is 0 Å². The molecule has 1 nitrogen and oxygen atoms in total. The zero-order chi connectivity index (χ0) is 12.0. The van der Waals surface area contributed by atoms with E-state index in [0.29, 0.717) is 5.92 Å². The fourth-order valence-electron chi connectivity index (χ4n) is 2.33. The molecular formula is C15H21N. The van der Waals surface area contributed by atoms with E-state index in [-0.39, 0.29) is 0 Å². The number of H-pyrrole nitrogens is 1. The van der Waals surface area contributed by atoms with Crippen LogP contribution in [0.2, 0.25) is 0 Å². The standard InChI is InChI=1S/C15H21N/c1-8(2)14-7-13-11(5)9(3)10(4)12(6)15(13)16-14/h7-8,16H,1-6H3. The molecule has 0 fully saturated rings. The van der Waals surface area contributed by atoms with Crippen molar-refractivity contribution in [2.75, 3.05) is 0 Å². The minimum absolute atomic E-state index is 0.562. The number of rotatable bonds is 1. The topological polar surface area (TPSA) is 15.8 Å². The van der Waals surface area contributed by atoms with Crippen LogP contribution in [0.5, 0.6) is 0 Å². The lowest BCUT2D eigenvalue weighted by Crippen LogP contribution is -1.92. The number of aromatic nitrogens is 1. The van der Waals surface area contributed by atoms with Gasteiger partial charge in [0.15, 0.2) is 0 Å². The van der Waals surface area contributed by atoms with Crippen molar-refractivity contribution in [3.05, 3.63) is 34.0 Å². The van der Waals surface area contributed by atoms with Gasteiger partial charge in [-0.3, -0.25) is 0 Å². The fraction of sp³-hybridized carbons (Fsp3) is 0.467. The molecule has 1 heteroatoms. The molecule has 0 unspecified atom stereocenters. The van der Waals surface area contributed by atoms with Crippen LogP contribution < -0.4 is 0 Å². The van der Waals surface area contributed by atoms with E-state index in [0.717, 1.165) is 0 Å². The predicted octanol–water partition coefficient (Wildman–Crippen LogP) is 4.52. The summed E-state index contributed by atoms with van der Waals surface area (Å²) in [4.78, 5) is 3.57. The Bertz CT molecular complexity index is 499. The lowest BCUT2D eigenvalue weighted by atomic mass is 9.95. The summed E-state index contributed by atoms with van der Waals surface area (Å²) in [5, 5.41) is 1.39. The van der Waals surface area contributed by atoms with Gasteiger partial charge < -0.3 is 4.98 Å². The largest absolute Gasteiger partial charge is 0.358 e. The van der Waals surface area contributed by atoms with E-state index in [1.165, 1.54) is 38.9 Å². The second-order valence-electron chi connectivity index (χ2n) is 5.17. The van der Waals surface area contributed by atoms with Crippen LogP contribution in [0.1, 0.15) is 47.7 Å². The molecule has 0 spiro atoms. The maximum Gasteiger partial charge on any atom is 0.0491 e. The van der Waals surface area contributed by atoms with E-state index in [1.807, 2.05) is 0 Å². The Morgan fingerprint density at radius 1 is 0.875 bits per heavy atom. The molecule has 2 aromatic rings. The third kappa shape index (κ3) is 1.46. The molecule has 0 aliphatic carbocycles. The number of aromatic amines is 1. The highest BCUT2D eigenvalue weighted by Crippen LogP contribution is 2.31. The van der Waals surface area contributed by atoms with Gasteiger partial charge in [-0.05, 0) is 61.9 Å². The first-order valence-electron chi connectivity index (χ1n) is 6.02. The Morgan fingerprint density at radius 3 is 2.00 bits per heavy atom. The Kier molecular flexibility index (Phi) is 2.57. The van der Waals surface area contributed by atoms with Gasteiger partial charge in [-0.2, -0.15) is 0 Å². The van der Waals surface area contributed by atoms with Crippen LogP contribution in [-0.4, -0.2) is 4.98 Å². The first-order valence-corrected chi connectivity index (χ1v) is 6.02. The van der Waals surface area contributed by atoms with Gasteiger partial charge in [0.2, 0.25) is 0 Å². The highest BCUT2D eigenvalue weighted by molar-refractivity contribution is 5.89. The normalized spacial score (nSPS) is 11.7. The predicted molar refractivity (Wildman–Crippen MR) is 71.3 cm³/mol. The maximum absolute atomic E-state index is 3.57. The summed E-state index contributed by atoms with van der Waals surface area (Å²) in [6.07, 6.45) is 0. The smallest absolute Gasteiger partial charge is 0.0491 e. The molecule has 0 radical (unpaired) electrons. The van der Waals surface area contributed by atoms with Crippen LogP contribution >= 0.6 is 0 Å². The van der Waals surface area contributed by atoms with Crippen molar-refractivity contribution in [2.24, 2.45) is 0 Å². The summed E-state index contributed by atoms with van der Waals surface area (Å²) >= 11 is 0. The van der Waals surface area contributed by atoms with Crippen LogP contribution in [0, 0.1) is 27.7 Å². The summed E-state index contributed by atoms with van der Waals surface area (Å²) in [7, 11) is 0. The molecule has 0 saturated heterocycles. The molecule has 0 atom stereocenters. The second-order valence-corrected chi connectivity index (χ2v) is 5.17. The quantitative estimate of drug-likeness (QED) is 0.719. The monoisotopic (exact) mass is 215 g/mol.